The lowest BCUT2D eigenvalue weighted by molar-refractivity contribution is -0.134. The van der Waals surface area contributed by atoms with Crippen LogP contribution in [-0.2, 0) is 22.6 Å². The van der Waals surface area contributed by atoms with E-state index in [2.05, 4.69) is 31.9 Å². The van der Waals surface area contributed by atoms with Crippen LogP contribution in [0.5, 0.6) is 5.75 Å². The second-order valence-corrected chi connectivity index (χ2v) is 8.35. The van der Waals surface area contributed by atoms with Crippen LogP contribution in [-0.4, -0.2) is 37.6 Å². The van der Waals surface area contributed by atoms with E-state index >= 15 is 0 Å². The standard InChI is InChI=1S/C22H24BrF2N3O3/c1-31-19-5-3-16(23)10-15(19)11-20(29)28-22(6-8-26-9-7-22)21(30)27-13-14-2-4-17(24)12-18(14)25/h2-5,10,12,26H,6-9,11,13H2,1H3,(H,27,30)(H,28,29). The number of piperidine rings is 1. The van der Waals surface area contributed by atoms with E-state index in [0.717, 1.165) is 16.6 Å². The minimum Gasteiger partial charge on any atom is -0.496 e. The Balaban J connectivity index is 1.71. The highest BCUT2D eigenvalue weighted by Crippen LogP contribution is 2.25. The summed E-state index contributed by atoms with van der Waals surface area (Å²) >= 11 is 3.39. The molecule has 31 heavy (non-hydrogen) atoms. The Morgan fingerprint density at radius 2 is 1.87 bits per heavy atom. The van der Waals surface area contributed by atoms with Crippen molar-refractivity contribution in [3.63, 3.8) is 0 Å². The summed E-state index contributed by atoms with van der Waals surface area (Å²) in [5.74, 6) is -1.55. The van der Waals surface area contributed by atoms with Crippen molar-refractivity contribution in [2.24, 2.45) is 0 Å². The summed E-state index contributed by atoms with van der Waals surface area (Å²) in [6, 6.07) is 8.57. The zero-order chi connectivity index (χ0) is 22.4. The molecule has 9 heteroatoms. The number of benzene rings is 2. The molecule has 0 bridgehead atoms. The van der Waals surface area contributed by atoms with Gasteiger partial charge in [-0.3, -0.25) is 9.59 Å². The number of methoxy groups -OCH3 is 1. The summed E-state index contributed by atoms with van der Waals surface area (Å²) in [4.78, 5) is 25.9. The van der Waals surface area contributed by atoms with Crippen molar-refractivity contribution in [1.82, 2.24) is 16.0 Å². The van der Waals surface area contributed by atoms with E-state index in [0.29, 0.717) is 37.2 Å². The first-order valence-electron chi connectivity index (χ1n) is 9.89. The lowest BCUT2D eigenvalue weighted by atomic mass is 9.86. The Morgan fingerprint density at radius 3 is 2.55 bits per heavy atom. The van der Waals surface area contributed by atoms with E-state index in [-0.39, 0.29) is 24.4 Å². The fourth-order valence-corrected chi connectivity index (χ4v) is 4.05. The van der Waals surface area contributed by atoms with Crippen molar-refractivity contribution < 1.29 is 23.1 Å². The number of rotatable bonds is 7. The molecule has 2 aromatic carbocycles. The number of hydrogen-bond acceptors (Lipinski definition) is 4. The van der Waals surface area contributed by atoms with E-state index in [1.807, 2.05) is 6.07 Å². The maximum Gasteiger partial charge on any atom is 0.246 e. The molecule has 0 atom stereocenters. The van der Waals surface area contributed by atoms with Gasteiger partial charge in [-0.25, -0.2) is 8.78 Å². The highest BCUT2D eigenvalue weighted by atomic mass is 79.9. The SMILES string of the molecule is COc1ccc(Br)cc1CC(=O)NC1(C(=O)NCc2ccc(F)cc2F)CCNCC1. The van der Waals surface area contributed by atoms with Crippen LogP contribution in [0.4, 0.5) is 8.78 Å². The molecule has 0 aliphatic carbocycles. The van der Waals surface area contributed by atoms with E-state index in [1.54, 1.807) is 12.1 Å². The summed E-state index contributed by atoms with van der Waals surface area (Å²) in [5, 5.41) is 8.76. The maximum atomic E-state index is 13.9. The van der Waals surface area contributed by atoms with Gasteiger partial charge < -0.3 is 20.7 Å². The van der Waals surface area contributed by atoms with Crippen LogP contribution in [0.25, 0.3) is 0 Å². The minimum absolute atomic E-state index is 0.0393. The van der Waals surface area contributed by atoms with Crippen LogP contribution >= 0.6 is 15.9 Å². The fourth-order valence-electron chi connectivity index (χ4n) is 3.64. The fraction of sp³-hybridized carbons (Fsp3) is 0.364. The van der Waals surface area contributed by atoms with Gasteiger partial charge in [0.05, 0.1) is 13.5 Å². The number of carbonyl (C=O) groups is 2. The molecular formula is C22H24BrF2N3O3. The van der Waals surface area contributed by atoms with E-state index in [4.69, 9.17) is 4.74 Å². The van der Waals surface area contributed by atoms with Gasteiger partial charge in [-0.05, 0) is 50.2 Å². The third kappa shape index (κ3) is 5.80. The second-order valence-electron chi connectivity index (χ2n) is 7.43. The summed E-state index contributed by atoms with van der Waals surface area (Å²) in [6.45, 7) is 1.01. The molecular weight excluding hydrogens is 472 g/mol. The van der Waals surface area contributed by atoms with E-state index in [9.17, 15) is 18.4 Å². The molecule has 0 saturated carbocycles. The molecule has 166 valence electrons. The summed E-state index contributed by atoms with van der Waals surface area (Å²) < 4.78 is 33.1. The van der Waals surface area contributed by atoms with Gasteiger partial charge in [-0.2, -0.15) is 0 Å². The zero-order valence-corrected chi connectivity index (χ0v) is 18.7. The van der Waals surface area contributed by atoms with Crippen molar-refractivity contribution in [1.29, 1.82) is 0 Å². The van der Waals surface area contributed by atoms with Gasteiger partial charge >= 0.3 is 0 Å². The number of ether oxygens (including phenoxy) is 1. The number of amides is 2. The van der Waals surface area contributed by atoms with Gasteiger partial charge in [0, 0.05) is 28.2 Å². The van der Waals surface area contributed by atoms with E-state index < -0.39 is 23.1 Å². The predicted molar refractivity (Wildman–Crippen MR) is 116 cm³/mol. The molecule has 1 heterocycles. The van der Waals surface area contributed by atoms with Gasteiger partial charge in [-0.15, -0.1) is 0 Å². The first kappa shape index (κ1) is 23.1. The normalized spacial score (nSPS) is 15.2. The van der Waals surface area contributed by atoms with Crippen LogP contribution in [0.2, 0.25) is 0 Å². The lowest BCUT2D eigenvalue weighted by Crippen LogP contribution is -2.63. The first-order chi connectivity index (χ1) is 14.8. The summed E-state index contributed by atoms with van der Waals surface area (Å²) in [7, 11) is 1.53. The maximum absolute atomic E-state index is 13.9. The molecule has 1 aliphatic rings. The number of hydrogen-bond donors (Lipinski definition) is 3. The van der Waals surface area contributed by atoms with Gasteiger partial charge in [0.15, 0.2) is 0 Å². The Bertz CT molecular complexity index is 965. The molecule has 1 fully saturated rings. The number of halogens is 3. The van der Waals surface area contributed by atoms with Crippen molar-refractivity contribution >= 4 is 27.7 Å². The number of nitrogens with one attached hydrogen (secondary N) is 3. The Morgan fingerprint density at radius 1 is 1.13 bits per heavy atom. The van der Waals surface area contributed by atoms with Crippen LogP contribution in [0.1, 0.15) is 24.0 Å². The molecule has 0 spiro atoms. The molecule has 2 aromatic rings. The third-order valence-corrected chi connectivity index (χ3v) is 5.81. The molecule has 3 rings (SSSR count). The lowest BCUT2D eigenvalue weighted by Gasteiger charge is -2.37. The molecule has 1 saturated heterocycles. The second kappa shape index (κ2) is 10.2. The van der Waals surface area contributed by atoms with Crippen LogP contribution in [0.15, 0.2) is 40.9 Å². The van der Waals surface area contributed by atoms with Gasteiger partial charge in [0.25, 0.3) is 0 Å². The Labute approximate surface area is 187 Å². The van der Waals surface area contributed by atoms with Gasteiger partial charge in [0.2, 0.25) is 11.8 Å². The summed E-state index contributed by atoms with van der Waals surface area (Å²) in [6.07, 6.45) is 0.829. The van der Waals surface area contributed by atoms with Crippen LogP contribution < -0.4 is 20.7 Å². The monoisotopic (exact) mass is 495 g/mol. The van der Waals surface area contributed by atoms with Crippen LogP contribution in [0.3, 0.4) is 0 Å². The van der Waals surface area contributed by atoms with Gasteiger partial charge in [-0.1, -0.05) is 22.0 Å². The number of carbonyl (C=O) groups excluding carboxylic acids is 2. The average Bonchev–Trinajstić information content (AvgIpc) is 2.73. The molecule has 6 nitrogen and oxygen atoms in total. The smallest absolute Gasteiger partial charge is 0.246 e. The average molecular weight is 496 g/mol. The predicted octanol–water partition coefficient (Wildman–Crippen LogP) is 2.83. The minimum atomic E-state index is -1.11. The first-order valence-corrected chi connectivity index (χ1v) is 10.7. The quantitative estimate of drug-likeness (QED) is 0.551. The largest absolute Gasteiger partial charge is 0.496 e. The highest BCUT2D eigenvalue weighted by Gasteiger charge is 2.40. The molecule has 2 amide bonds. The molecule has 3 N–H and O–H groups in total. The molecule has 0 aromatic heterocycles. The third-order valence-electron chi connectivity index (χ3n) is 5.32. The van der Waals surface area contributed by atoms with Crippen molar-refractivity contribution in [3.05, 3.63) is 63.6 Å². The van der Waals surface area contributed by atoms with Crippen molar-refractivity contribution in [3.8, 4) is 5.75 Å². The summed E-state index contributed by atoms with van der Waals surface area (Å²) in [5.41, 5.74) is -0.255. The Hall–Kier alpha value is -2.52. The van der Waals surface area contributed by atoms with Gasteiger partial charge in [0.1, 0.15) is 22.9 Å². The molecule has 1 aliphatic heterocycles. The Kier molecular flexibility index (Phi) is 7.61. The molecule has 0 radical (unpaired) electrons. The zero-order valence-electron chi connectivity index (χ0n) is 17.1. The van der Waals surface area contributed by atoms with Crippen LogP contribution in [0, 0.1) is 11.6 Å². The van der Waals surface area contributed by atoms with E-state index in [1.165, 1.54) is 13.2 Å². The highest BCUT2D eigenvalue weighted by molar-refractivity contribution is 9.10. The van der Waals surface area contributed by atoms with Crippen molar-refractivity contribution in [2.45, 2.75) is 31.3 Å². The van der Waals surface area contributed by atoms with Crippen molar-refractivity contribution in [2.75, 3.05) is 20.2 Å². The molecule has 0 unspecified atom stereocenters. The topological polar surface area (TPSA) is 79.5 Å².